The fraction of sp³-hybridized carbons (Fsp3) is 0.529. The molecule has 0 fully saturated rings. The zero-order valence-corrected chi connectivity index (χ0v) is 14.7. The summed E-state index contributed by atoms with van der Waals surface area (Å²) in [6.07, 6.45) is 0.567. The van der Waals surface area contributed by atoms with Crippen molar-refractivity contribution in [2.75, 3.05) is 17.7 Å². The zero-order valence-electron chi connectivity index (χ0n) is 13.9. The van der Waals surface area contributed by atoms with E-state index in [4.69, 9.17) is 9.84 Å². The average Bonchev–Trinajstić information content (AvgIpc) is 2.50. The molecule has 2 N–H and O–H groups in total. The highest BCUT2D eigenvalue weighted by molar-refractivity contribution is 8.00. The van der Waals surface area contributed by atoms with Crippen molar-refractivity contribution < 1.29 is 19.4 Å². The fourth-order valence-corrected chi connectivity index (χ4v) is 2.97. The molecule has 0 saturated heterocycles. The predicted molar refractivity (Wildman–Crippen MR) is 94.2 cm³/mol. The molecule has 5 nitrogen and oxygen atoms in total. The molecule has 0 bridgehead atoms. The van der Waals surface area contributed by atoms with Gasteiger partial charge < -0.3 is 15.2 Å². The number of aliphatic carboxylic acids is 1. The van der Waals surface area contributed by atoms with Crippen LogP contribution in [-0.2, 0) is 9.59 Å². The fourth-order valence-electron chi connectivity index (χ4n) is 2.01. The topological polar surface area (TPSA) is 75.6 Å². The normalized spacial score (nSPS) is 12.0. The second kappa shape index (κ2) is 10.2. The Bertz CT molecular complexity index is 502. The molecule has 0 aliphatic heterocycles. The number of rotatable bonds is 10. The molecule has 0 heterocycles. The van der Waals surface area contributed by atoms with E-state index in [0.717, 1.165) is 11.4 Å². The van der Waals surface area contributed by atoms with E-state index in [2.05, 4.69) is 5.32 Å². The molecule has 1 rings (SSSR count). The minimum Gasteiger partial charge on any atom is -0.494 e. The third-order valence-corrected chi connectivity index (χ3v) is 4.59. The first-order valence-corrected chi connectivity index (χ1v) is 8.86. The van der Waals surface area contributed by atoms with Gasteiger partial charge in [0, 0.05) is 12.1 Å². The molecule has 1 aromatic carbocycles. The molecule has 23 heavy (non-hydrogen) atoms. The number of carbonyl (C=O) groups is 2. The molecule has 0 aliphatic rings. The van der Waals surface area contributed by atoms with Gasteiger partial charge in [-0.05, 0) is 42.4 Å². The van der Waals surface area contributed by atoms with E-state index in [-0.39, 0.29) is 23.5 Å². The van der Waals surface area contributed by atoms with E-state index in [9.17, 15) is 9.59 Å². The Morgan fingerprint density at radius 1 is 1.26 bits per heavy atom. The highest BCUT2D eigenvalue weighted by Gasteiger charge is 2.21. The first-order valence-electron chi connectivity index (χ1n) is 7.81. The maximum atomic E-state index is 12.3. The van der Waals surface area contributed by atoms with E-state index in [0.29, 0.717) is 18.8 Å². The summed E-state index contributed by atoms with van der Waals surface area (Å²) in [6.45, 7) is 6.49. The van der Waals surface area contributed by atoms with Gasteiger partial charge in [-0.25, -0.2) is 0 Å². The minimum absolute atomic E-state index is 0.0157. The third-order valence-electron chi connectivity index (χ3n) is 3.14. The number of carboxylic acids is 1. The Kier molecular flexibility index (Phi) is 8.55. The van der Waals surface area contributed by atoms with Crippen molar-refractivity contribution in [1.29, 1.82) is 0 Å². The van der Waals surface area contributed by atoms with Crippen molar-refractivity contribution in [2.45, 2.75) is 38.9 Å². The van der Waals surface area contributed by atoms with Gasteiger partial charge in [0.15, 0.2) is 0 Å². The number of carbonyl (C=O) groups excluding carboxylic acids is 1. The van der Waals surface area contributed by atoms with Crippen molar-refractivity contribution in [2.24, 2.45) is 5.92 Å². The van der Waals surface area contributed by atoms with Crippen molar-refractivity contribution >= 4 is 29.3 Å². The van der Waals surface area contributed by atoms with E-state index in [1.165, 1.54) is 0 Å². The van der Waals surface area contributed by atoms with Gasteiger partial charge in [0.25, 0.3) is 0 Å². The molecule has 0 saturated carbocycles. The lowest BCUT2D eigenvalue weighted by Gasteiger charge is -2.19. The molecule has 0 spiro atoms. The quantitative estimate of drug-likeness (QED) is 0.636. The van der Waals surface area contributed by atoms with Crippen LogP contribution in [0, 0.1) is 5.92 Å². The maximum absolute atomic E-state index is 12.3. The van der Waals surface area contributed by atoms with Crippen molar-refractivity contribution in [3.8, 4) is 5.75 Å². The lowest BCUT2D eigenvalue weighted by molar-refractivity contribution is -0.137. The van der Waals surface area contributed by atoms with Gasteiger partial charge in [0.1, 0.15) is 5.75 Å². The number of thioether (sulfide) groups is 1. The van der Waals surface area contributed by atoms with Crippen LogP contribution >= 0.6 is 11.8 Å². The summed E-state index contributed by atoms with van der Waals surface area (Å²) in [5, 5.41) is 11.4. The molecular weight excluding hydrogens is 314 g/mol. The smallest absolute Gasteiger partial charge is 0.303 e. The third kappa shape index (κ3) is 7.41. The first kappa shape index (κ1) is 19.4. The van der Waals surface area contributed by atoms with Crippen LogP contribution in [0.1, 0.15) is 33.6 Å². The molecule has 1 aromatic rings. The first-order chi connectivity index (χ1) is 10.9. The molecule has 1 atom stereocenters. The summed E-state index contributed by atoms with van der Waals surface area (Å²) in [6, 6.07) is 7.12. The highest BCUT2D eigenvalue weighted by atomic mass is 32.2. The summed E-state index contributed by atoms with van der Waals surface area (Å²) >= 11 is 1.65. The minimum atomic E-state index is -0.823. The van der Waals surface area contributed by atoms with E-state index in [1.807, 2.05) is 20.8 Å². The van der Waals surface area contributed by atoms with Crippen LogP contribution in [0.4, 0.5) is 5.69 Å². The number of nitrogens with one attached hydrogen (secondary N) is 1. The predicted octanol–water partition coefficient (Wildman–Crippen LogP) is 3.65. The van der Waals surface area contributed by atoms with Crippen molar-refractivity contribution in [3.63, 3.8) is 0 Å². The standard InChI is InChI=1S/C17H25NO4S/c1-4-23-16(12(2)3)17(21)18-13-7-9-14(10-8-13)22-11-5-6-15(19)20/h7-10,12,16H,4-6,11H2,1-3H3,(H,18,21)(H,19,20). The van der Waals surface area contributed by atoms with Crippen LogP contribution in [0.2, 0.25) is 0 Å². The molecule has 0 radical (unpaired) electrons. The molecule has 1 unspecified atom stereocenters. The van der Waals surface area contributed by atoms with Gasteiger partial charge in [-0.15, -0.1) is 11.8 Å². The summed E-state index contributed by atoms with van der Waals surface area (Å²) in [7, 11) is 0. The van der Waals surface area contributed by atoms with Gasteiger partial charge >= 0.3 is 5.97 Å². The number of hydrogen-bond donors (Lipinski definition) is 2. The number of anilines is 1. The highest BCUT2D eigenvalue weighted by Crippen LogP contribution is 2.22. The Morgan fingerprint density at radius 2 is 1.91 bits per heavy atom. The second-order valence-corrected chi connectivity index (χ2v) is 6.90. The monoisotopic (exact) mass is 339 g/mol. The summed E-state index contributed by atoms with van der Waals surface area (Å²) in [4.78, 5) is 22.7. The summed E-state index contributed by atoms with van der Waals surface area (Å²) in [5.74, 6) is 1.03. The lowest BCUT2D eigenvalue weighted by Crippen LogP contribution is -2.29. The largest absolute Gasteiger partial charge is 0.494 e. The molecule has 128 valence electrons. The van der Waals surface area contributed by atoms with Gasteiger partial charge in [-0.2, -0.15) is 0 Å². The number of ether oxygens (including phenoxy) is 1. The number of benzene rings is 1. The molecular formula is C17H25NO4S. The Hall–Kier alpha value is -1.69. The van der Waals surface area contributed by atoms with Crippen LogP contribution in [0.3, 0.4) is 0 Å². The SMILES string of the molecule is CCSC(C(=O)Nc1ccc(OCCCC(=O)O)cc1)C(C)C. The van der Waals surface area contributed by atoms with Crippen molar-refractivity contribution in [3.05, 3.63) is 24.3 Å². The molecule has 6 heteroatoms. The van der Waals surface area contributed by atoms with Gasteiger partial charge in [-0.1, -0.05) is 20.8 Å². The maximum Gasteiger partial charge on any atom is 0.303 e. The number of hydrogen-bond acceptors (Lipinski definition) is 4. The molecule has 0 aromatic heterocycles. The number of amides is 1. The Balaban J connectivity index is 2.49. The summed E-state index contributed by atoms with van der Waals surface area (Å²) < 4.78 is 5.46. The average molecular weight is 339 g/mol. The van der Waals surface area contributed by atoms with Crippen LogP contribution in [-0.4, -0.2) is 34.6 Å². The van der Waals surface area contributed by atoms with Crippen molar-refractivity contribution in [1.82, 2.24) is 0 Å². The van der Waals surface area contributed by atoms with Gasteiger partial charge in [-0.3, -0.25) is 9.59 Å². The van der Waals surface area contributed by atoms with Gasteiger partial charge in [0.05, 0.1) is 11.9 Å². The van der Waals surface area contributed by atoms with Crippen LogP contribution < -0.4 is 10.1 Å². The lowest BCUT2D eigenvalue weighted by atomic mass is 10.1. The second-order valence-electron chi connectivity index (χ2n) is 5.48. The molecule has 1 amide bonds. The van der Waals surface area contributed by atoms with E-state index in [1.54, 1.807) is 36.0 Å². The van der Waals surface area contributed by atoms with Crippen LogP contribution in [0.5, 0.6) is 5.75 Å². The van der Waals surface area contributed by atoms with E-state index >= 15 is 0 Å². The Labute approximate surface area is 141 Å². The van der Waals surface area contributed by atoms with Crippen LogP contribution in [0.25, 0.3) is 0 Å². The van der Waals surface area contributed by atoms with E-state index < -0.39 is 5.97 Å². The Morgan fingerprint density at radius 3 is 2.43 bits per heavy atom. The number of carboxylic acid groups (broad SMARTS) is 1. The van der Waals surface area contributed by atoms with Crippen LogP contribution in [0.15, 0.2) is 24.3 Å². The zero-order chi connectivity index (χ0) is 17.2. The molecule has 0 aliphatic carbocycles. The van der Waals surface area contributed by atoms with Gasteiger partial charge in [0.2, 0.25) is 5.91 Å². The summed E-state index contributed by atoms with van der Waals surface area (Å²) in [5.41, 5.74) is 0.732.